The lowest BCUT2D eigenvalue weighted by Crippen LogP contribution is -2.43. The second kappa shape index (κ2) is 10.7. The zero-order valence-corrected chi connectivity index (χ0v) is 20.6. The molecule has 0 radical (unpaired) electrons. The number of carbonyl (C=O) groups excluding carboxylic acids is 1. The van der Waals surface area contributed by atoms with E-state index in [1.165, 1.54) is 9.47 Å². The Morgan fingerprint density at radius 2 is 1.74 bits per heavy atom. The maximum absolute atomic E-state index is 13.8. The number of aromatic nitrogens is 2. The third-order valence-electron chi connectivity index (χ3n) is 6.25. The van der Waals surface area contributed by atoms with Crippen molar-refractivity contribution in [1.82, 2.24) is 14.5 Å². The first-order valence-corrected chi connectivity index (χ1v) is 12.0. The molecular weight excluding hydrogens is 492 g/mol. The second-order valence-electron chi connectivity index (χ2n) is 8.80. The number of nitrogens with zero attached hydrogens (tertiary/aromatic N) is 3. The van der Waals surface area contributed by atoms with Gasteiger partial charge in [0.15, 0.2) is 0 Å². The minimum atomic E-state index is -0.797. The van der Waals surface area contributed by atoms with Gasteiger partial charge in [0, 0.05) is 31.3 Å². The average Bonchev–Trinajstić information content (AvgIpc) is 2.92. The zero-order valence-electron chi connectivity index (χ0n) is 20.6. The van der Waals surface area contributed by atoms with Gasteiger partial charge in [0.05, 0.1) is 30.6 Å². The van der Waals surface area contributed by atoms with E-state index in [1.54, 1.807) is 19.2 Å². The Kier molecular flexibility index (Phi) is 7.03. The number of hydrogen-bond donors (Lipinski definition) is 2. The average molecular weight is 518 g/mol. The molecule has 2 heterocycles. The summed E-state index contributed by atoms with van der Waals surface area (Å²) in [4.78, 5) is 32.8. The monoisotopic (exact) mass is 517 g/mol. The van der Waals surface area contributed by atoms with Gasteiger partial charge in [-0.05, 0) is 42.0 Å². The number of fused-ring (bicyclic) bond motifs is 1. The quantitative estimate of drug-likeness (QED) is 0.386. The van der Waals surface area contributed by atoms with Gasteiger partial charge in [-0.1, -0.05) is 30.3 Å². The van der Waals surface area contributed by atoms with Crippen molar-refractivity contribution in [1.29, 1.82) is 0 Å². The van der Waals surface area contributed by atoms with Crippen molar-refractivity contribution in [3.05, 3.63) is 112 Å². The van der Waals surface area contributed by atoms with Crippen molar-refractivity contribution < 1.29 is 18.3 Å². The smallest absolute Gasteiger partial charge is 0.322 e. The van der Waals surface area contributed by atoms with E-state index in [4.69, 9.17) is 9.72 Å². The number of rotatable bonds is 6. The number of benzene rings is 3. The van der Waals surface area contributed by atoms with Crippen LogP contribution in [0.4, 0.5) is 25.2 Å². The molecule has 0 bridgehead atoms. The standard InChI is InChI=1S/C28H25F2N5O3/c1-38-23-9-7-18(8-10-23)16-31-27-33-25-11-12-34(28(37)32-21-14-19(29)13-20(30)15-21)17-24(25)26(36)35(27)22-5-3-2-4-6-22/h2-10,13-15H,11-12,16-17H2,1H3,(H,31,33)(H,32,37). The summed E-state index contributed by atoms with van der Waals surface area (Å²) in [6.45, 7) is 0.730. The third kappa shape index (κ3) is 5.34. The summed E-state index contributed by atoms with van der Waals surface area (Å²) < 4.78 is 33.8. The molecule has 3 aromatic carbocycles. The van der Waals surface area contributed by atoms with Gasteiger partial charge < -0.3 is 20.3 Å². The van der Waals surface area contributed by atoms with Crippen molar-refractivity contribution >= 4 is 17.7 Å². The normalized spacial score (nSPS) is 12.6. The Bertz CT molecular complexity index is 1500. The number of carbonyl (C=O) groups is 1. The number of nitrogens with one attached hydrogen (secondary N) is 2. The zero-order chi connectivity index (χ0) is 26.6. The maximum atomic E-state index is 13.8. The van der Waals surface area contributed by atoms with Gasteiger partial charge >= 0.3 is 6.03 Å². The lowest BCUT2D eigenvalue weighted by Gasteiger charge is -2.29. The molecule has 0 atom stereocenters. The van der Waals surface area contributed by atoms with E-state index in [-0.39, 0.29) is 24.3 Å². The molecule has 10 heteroatoms. The molecule has 0 spiro atoms. The fraction of sp³-hybridized carbons (Fsp3) is 0.179. The van der Waals surface area contributed by atoms with Crippen molar-refractivity contribution in [3.8, 4) is 11.4 Å². The summed E-state index contributed by atoms with van der Waals surface area (Å²) in [7, 11) is 1.61. The van der Waals surface area contributed by atoms with Gasteiger partial charge in [0.25, 0.3) is 5.56 Å². The first-order chi connectivity index (χ1) is 18.4. The van der Waals surface area contributed by atoms with Crippen LogP contribution in [-0.4, -0.2) is 34.1 Å². The molecule has 1 aromatic heterocycles. The van der Waals surface area contributed by atoms with Crippen LogP contribution in [-0.2, 0) is 19.5 Å². The SMILES string of the molecule is COc1ccc(CNc2nc3c(c(=O)n2-c2ccccc2)CN(C(=O)Nc2cc(F)cc(F)c2)CC3)cc1. The molecule has 1 aliphatic rings. The maximum Gasteiger partial charge on any atom is 0.322 e. The van der Waals surface area contributed by atoms with Crippen LogP contribution in [0.5, 0.6) is 5.75 Å². The summed E-state index contributed by atoms with van der Waals surface area (Å²) in [5.41, 5.74) is 2.29. The molecule has 8 nitrogen and oxygen atoms in total. The van der Waals surface area contributed by atoms with E-state index in [2.05, 4.69) is 10.6 Å². The van der Waals surface area contributed by atoms with Crippen molar-refractivity contribution in [2.45, 2.75) is 19.5 Å². The van der Waals surface area contributed by atoms with E-state index in [0.29, 0.717) is 35.9 Å². The van der Waals surface area contributed by atoms with Crippen molar-refractivity contribution in [2.24, 2.45) is 0 Å². The number of para-hydroxylation sites is 1. The van der Waals surface area contributed by atoms with E-state index in [9.17, 15) is 18.4 Å². The van der Waals surface area contributed by atoms with Gasteiger partial charge in [-0.3, -0.25) is 4.79 Å². The predicted octanol–water partition coefficient (Wildman–Crippen LogP) is 4.72. The van der Waals surface area contributed by atoms with E-state index < -0.39 is 17.7 Å². The van der Waals surface area contributed by atoms with Crippen LogP contribution in [0.2, 0.25) is 0 Å². The highest BCUT2D eigenvalue weighted by Gasteiger charge is 2.27. The van der Waals surface area contributed by atoms with Crippen LogP contribution in [0.15, 0.2) is 77.6 Å². The van der Waals surface area contributed by atoms with Gasteiger partial charge in [-0.25, -0.2) is 23.1 Å². The molecular formula is C28H25F2N5O3. The van der Waals surface area contributed by atoms with E-state index in [0.717, 1.165) is 29.5 Å². The molecule has 0 unspecified atom stereocenters. The van der Waals surface area contributed by atoms with E-state index >= 15 is 0 Å². The molecule has 38 heavy (non-hydrogen) atoms. The Labute approximate surface area is 217 Å². The summed E-state index contributed by atoms with van der Waals surface area (Å²) in [5, 5.41) is 5.79. The minimum absolute atomic E-state index is 0.00352. The predicted molar refractivity (Wildman–Crippen MR) is 140 cm³/mol. The summed E-state index contributed by atoms with van der Waals surface area (Å²) in [6.07, 6.45) is 0.350. The largest absolute Gasteiger partial charge is 0.497 e. The molecule has 2 amide bonds. The number of halogens is 2. The number of amides is 2. The number of methoxy groups -OCH3 is 1. The summed E-state index contributed by atoms with van der Waals surface area (Å²) >= 11 is 0. The highest BCUT2D eigenvalue weighted by atomic mass is 19.1. The van der Waals surface area contributed by atoms with Crippen molar-refractivity contribution in [3.63, 3.8) is 0 Å². The Balaban J connectivity index is 1.43. The number of urea groups is 1. The van der Waals surface area contributed by atoms with Crippen LogP contribution >= 0.6 is 0 Å². The van der Waals surface area contributed by atoms with Gasteiger partial charge in [-0.2, -0.15) is 0 Å². The third-order valence-corrected chi connectivity index (χ3v) is 6.25. The first-order valence-electron chi connectivity index (χ1n) is 12.0. The molecule has 0 saturated carbocycles. The molecule has 1 aliphatic heterocycles. The van der Waals surface area contributed by atoms with Gasteiger partial charge in [-0.15, -0.1) is 0 Å². The summed E-state index contributed by atoms with van der Waals surface area (Å²) in [6, 6.07) is 18.9. The van der Waals surface area contributed by atoms with Gasteiger partial charge in [0.1, 0.15) is 17.4 Å². The Morgan fingerprint density at radius 3 is 2.42 bits per heavy atom. The first kappa shape index (κ1) is 24.9. The second-order valence-corrected chi connectivity index (χ2v) is 8.80. The van der Waals surface area contributed by atoms with Crippen LogP contribution in [0, 0.1) is 11.6 Å². The molecule has 2 N–H and O–H groups in total. The highest BCUT2D eigenvalue weighted by molar-refractivity contribution is 5.89. The van der Waals surface area contributed by atoms with Crippen LogP contribution in [0.1, 0.15) is 16.8 Å². The molecule has 194 valence electrons. The van der Waals surface area contributed by atoms with Crippen molar-refractivity contribution in [2.75, 3.05) is 24.3 Å². The lowest BCUT2D eigenvalue weighted by atomic mass is 10.1. The molecule has 0 saturated heterocycles. The van der Waals surface area contributed by atoms with Crippen LogP contribution in [0.3, 0.4) is 0 Å². The van der Waals surface area contributed by atoms with Crippen LogP contribution in [0.25, 0.3) is 5.69 Å². The molecule has 4 aromatic rings. The molecule has 0 fully saturated rings. The van der Waals surface area contributed by atoms with Gasteiger partial charge in [0.2, 0.25) is 5.95 Å². The summed E-state index contributed by atoms with van der Waals surface area (Å²) in [5.74, 6) is -0.454. The molecule has 0 aliphatic carbocycles. The number of ether oxygens (including phenoxy) is 1. The fourth-order valence-corrected chi connectivity index (χ4v) is 4.34. The highest BCUT2D eigenvalue weighted by Crippen LogP contribution is 2.22. The number of anilines is 2. The van der Waals surface area contributed by atoms with Crippen LogP contribution < -0.4 is 20.9 Å². The Hall–Kier alpha value is -4.73. The Morgan fingerprint density at radius 1 is 1.03 bits per heavy atom. The molecule has 5 rings (SSSR count). The van der Waals surface area contributed by atoms with E-state index in [1.807, 2.05) is 42.5 Å². The topological polar surface area (TPSA) is 88.5 Å². The lowest BCUT2D eigenvalue weighted by molar-refractivity contribution is 0.205. The number of hydrogen-bond acceptors (Lipinski definition) is 5. The fourth-order valence-electron chi connectivity index (χ4n) is 4.34. The minimum Gasteiger partial charge on any atom is -0.497 e.